The Kier molecular flexibility index (Phi) is 3.78. The van der Waals surface area contributed by atoms with Crippen LogP contribution in [0.4, 0.5) is 0 Å². The first-order valence-electron chi connectivity index (χ1n) is 7.65. The molecule has 0 bridgehead atoms. The van der Waals surface area contributed by atoms with Crippen LogP contribution < -0.4 is 0 Å². The van der Waals surface area contributed by atoms with E-state index in [9.17, 15) is 4.79 Å². The van der Waals surface area contributed by atoms with Crippen molar-refractivity contribution >= 4 is 5.91 Å². The Labute approximate surface area is 120 Å². The van der Waals surface area contributed by atoms with Crippen molar-refractivity contribution in [1.29, 1.82) is 0 Å². The van der Waals surface area contributed by atoms with Gasteiger partial charge in [-0.25, -0.2) is 0 Å². The van der Waals surface area contributed by atoms with E-state index in [1.54, 1.807) is 0 Å². The van der Waals surface area contributed by atoms with Gasteiger partial charge in [0.25, 0.3) is 0 Å². The molecule has 1 aromatic heterocycles. The molecule has 0 saturated carbocycles. The van der Waals surface area contributed by atoms with Crippen molar-refractivity contribution in [2.24, 2.45) is 5.92 Å². The van der Waals surface area contributed by atoms with Crippen molar-refractivity contribution in [3.8, 4) is 0 Å². The van der Waals surface area contributed by atoms with Gasteiger partial charge in [0.1, 0.15) is 0 Å². The number of piperidine rings is 1. The van der Waals surface area contributed by atoms with E-state index in [-0.39, 0.29) is 12.0 Å². The van der Waals surface area contributed by atoms with Crippen LogP contribution in [0.1, 0.15) is 43.0 Å². The lowest BCUT2D eigenvalue weighted by Gasteiger charge is -2.33. The molecule has 0 aliphatic carbocycles. The third-order valence-electron chi connectivity index (χ3n) is 4.80. The summed E-state index contributed by atoms with van der Waals surface area (Å²) in [7, 11) is 2.13. The van der Waals surface area contributed by atoms with Crippen molar-refractivity contribution in [2.75, 3.05) is 26.7 Å². The van der Waals surface area contributed by atoms with E-state index >= 15 is 0 Å². The molecule has 2 saturated heterocycles. The average Bonchev–Trinajstić information content (AvgIpc) is 3.07. The Hall–Kier alpha value is -1.36. The van der Waals surface area contributed by atoms with E-state index in [0.29, 0.717) is 5.91 Å². The SMILES string of the molecule is Cc1cn[nH]c1[C@@H]1CCCN1C(=O)C1CCN(C)CC1. The third kappa shape index (κ3) is 2.46. The number of aromatic nitrogens is 2. The zero-order valence-electron chi connectivity index (χ0n) is 12.4. The van der Waals surface area contributed by atoms with Gasteiger partial charge in [-0.05, 0) is 58.3 Å². The number of H-pyrrole nitrogens is 1. The molecule has 0 unspecified atom stereocenters. The van der Waals surface area contributed by atoms with Crippen LogP contribution in [0.5, 0.6) is 0 Å². The molecule has 1 amide bonds. The number of nitrogens with one attached hydrogen (secondary N) is 1. The lowest BCUT2D eigenvalue weighted by molar-refractivity contribution is -0.138. The standard InChI is InChI=1S/C15H24N4O/c1-11-10-16-17-14(11)13-4-3-7-19(13)15(20)12-5-8-18(2)9-6-12/h10,12-13H,3-9H2,1-2H3,(H,16,17)/t13-/m0/s1. The topological polar surface area (TPSA) is 52.2 Å². The van der Waals surface area contributed by atoms with Crippen molar-refractivity contribution in [3.63, 3.8) is 0 Å². The molecule has 0 radical (unpaired) electrons. The van der Waals surface area contributed by atoms with Crippen LogP contribution in [0.3, 0.4) is 0 Å². The van der Waals surface area contributed by atoms with Crippen LogP contribution in [0, 0.1) is 12.8 Å². The zero-order chi connectivity index (χ0) is 14.1. The van der Waals surface area contributed by atoms with Gasteiger partial charge in [0.2, 0.25) is 5.91 Å². The van der Waals surface area contributed by atoms with E-state index < -0.39 is 0 Å². The Bertz CT molecular complexity index is 476. The van der Waals surface area contributed by atoms with Gasteiger partial charge < -0.3 is 9.80 Å². The fourth-order valence-electron chi connectivity index (χ4n) is 3.51. The Morgan fingerprint density at radius 1 is 1.30 bits per heavy atom. The number of hydrogen-bond acceptors (Lipinski definition) is 3. The fourth-order valence-corrected chi connectivity index (χ4v) is 3.51. The van der Waals surface area contributed by atoms with Gasteiger partial charge in [0.05, 0.1) is 17.9 Å². The lowest BCUT2D eigenvalue weighted by atomic mass is 9.95. The first-order chi connectivity index (χ1) is 9.66. The Balaban J connectivity index is 1.72. The first kappa shape index (κ1) is 13.6. The van der Waals surface area contributed by atoms with Crippen LogP contribution in [-0.4, -0.2) is 52.6 Å². The number of carbonyl (C=O) groups is 1. The molecule has 1 atom stereocenters. The summed E-state index contributed by atoms with van der Waals surface area (Å²) in [4.78, 5) is 17.2. The molecular weight excluding hydrogens is 252 g/mol. The summed E-state index contributed by atoms with van der Waals surface area (Å²) in [5.41, 5.74) is 2.29. The summed E-state index contributed by atoms with van der Waals surface area (Å²) in [6.07, 6.45) is 6.01. The summed E-state index contributed by atoms with van der Waals surface area (Å²) in [6, 6.07) is 0.213. The van der Waals surface area contributed by atoms with Crippen LogP contribution in [0.15, 0.2) is 6.20 Å². The smallest absolute Gasteiger partial charge is 0.226 e. The number of hydrogen-bond donors (Lipinski definition) is 1. The van der Waals surface area contributed by atoms with Gasteiger partial charge in [-0.2, -0.15) is 5.10 Å². The highest BCUT2D eigenvalue weighted by Crippen LogP contribution is 2.34. The number of carbonyl (C=O) groups excluding carboxylic acids is 1. The van der Waals surface area contributed by atoms with Gasteiger partial charge in [-0.1, -0.05) is 0 Å². The summed E-state index contributed by atoms with van der Waals surface area (Å²) >= 11 is 0. The summed E-state index contributed by atoms with van der Waals surface area (Å²) in [6.45, 7) is 5.04. The maximum absolute atomic E-state index is 12.8. The molecule has 2 fully saturated rings. The molecule has 0 aromatic carbocycles. The number of aryl methyl sites for hydroxylation is 1. The van der Waals surface area contributed by atoms with Gasteiger partial charge in [-0.15, -0.1) is 0 Å². The molecule has 3 rings (SSSR count). The molecule has 1 N–H and O–H groups in total. The second-order valence-electron chi connectivity index (χ2n) is 6.23. The monoisotopic (exact) mass is 276 g/mol. The fraction of sp³-hybridized carbons (Fsp3) is 0.733. The van der Waals surface area contributed by atoms with E-state index in [1.165, 1.54) is 0 Å². The molecule has 2 aliphatic heterocycles. The van der Waals surface area contributed by atoms with Gasteiger partial charge in [-0.3, -0.25) is 9.89 Å². The second-order valence-corrected chi connectivity index (χ2v) is 6.23. The summed E-state index contributed by atoms with van der Waals surface area (Å²) in [5.74, 6) is 0.574. The summed E-state index contributed by atoms with van der Waals surface area (Å²) in [5, 5.41) is 7.20. The number of aromatic amines is 1. The van der Waals surface area contributed by atoms with Gasteiger partial charge in [0.15, 0.2) is 0 Å². The molecule has 110 valence electrons. The van der Waals surface area contributed by atoms with Crippen molar-refractivity contribution in [1.82, 2.24) is 20.0 Å². The highest BCUT2D eigenvalue weighted by Gasteiger charge is 2.36. The maximum atomic E-state index is 12.8. The number of nitrogens with zero attached hydrogens (tertiary/aromatic N) is 3. The minimum atomic E-state index is 0.213. The van der Waals surface area contributed by atoms with Crippen LogP contribution in [0.2, 0.25) is 0 Å². The van der Waals surface area contributed by atoms with Crippen molar-refractivity contribution in [2.45, 2.75) is 38.6 Å². The predicted octanol–water partition coefficient (Wildman–Crippen LogP) is 1.72. The molecule has 0 spiro atoms. The number of likely N-dealkylation sites (tertiary alicyclic amines) is 2. The molecular formula is C15H24N4O. The highest BCUT2D eigenvalue weighted by molar-refractivity contribution is 5.79. The Morgan fingerprint density at radius 3 is 2.70 bits per heavy atom. The average molecular weight is 276 g/mol. The molecule has 5 heteroatoms. The summed E-state index contributed by atoms with van der Waals surface area (Å²) < 4.78 is 0. The predicted molar refractivity (Wildman–Crippen MR) is 77.2 cm³/mol. The minimum absolute atomic E-state index is 0.213. The van der Waals surface area contributed by atoms with Gasteiger partial charge >= 0.3 is 0 Å². The minimum Gasteiger partial charge on any atom is -0.334 e. The van der Waals surface area contributed by atoms with E-state index in [4.69, 9.17) is 0 Å². The molecule has 1 aromatic rings. The number of rotatable bonds is 2. The third-order valence-corrected chi connectivity index (χ3v) is 4.80. The first-order valence-corrected chi connectivity index (χ1v) is 7.65. The molecule has 2 aliphatic rings. The van der Waals surface area contributed by atoms with Crippen LogP contribution >= 0.6 is 0 Å². The van der Waals surface area contributed by atoms with E-state index in [0.717, 1.165) is 56.6 Å². The van der Waals surface area contributed by atoms with Crippen molar-refractivity contribution < 1.29 is 4.79 Å². The molecule has 3 heterocycles. The Morgan fingerprint density at radius 2 is 2.05 bits per heavy atom. The maximum Gasteiger partial charge on any atom is 0.226 e. The highest BCUT2D eigenvalue weighted by atomic mass is 16.2. The quantitative estimate of drug-likeness (QED) is 0.895. The van der Waals surface area contributed by atoms with Gasteiger partial charge in [0, 0.05) is 12.5 Å². The molecule has 5 nitrogen and oxygen atoms in total. The van der Waals surface area contributed by atoms with E-state index in [1.807, 2.05) is 6.20 Å². The van der Waals surface area contributed by atoms with Crippen LogP contribution in [-0.2, 0) is 4.79 Å². The lowest BCUT2D eigenvalue weighted by Crippen LogP contribution is -2.41. The van der Waals surface area contributed by atoms with Crippen molar-refractivity contribution in [3.05, 3.63) is 17.5 Å². The normalized spacial score (nSPS) is 25.3. The molecule has 20 heavy (non-hydrogen) atoms. The number of amides is 1. The van der Waals surface area contributed by atoms with Crippen LogP contribution in [0.25, 0.3) is 0 Å². The largest absolute Gasteiger partial charge is 0.334 e. The zero-order valence-corrected chi connectivity index (χ0v) is 12.4. The van der Waals surface area contributed by atoms with E-state index in [2.05, 4.69) is 34.0 Å². The second kappa shape index (κ2) is 5.56.